The minimum atomic E-state index is -3.37. The van der Waals surface area contributed by atoms with E-state index in [9.17, 15) is 8.42 Å². The Bertz CT molecular complexity index is 1070. The first-order valence-corrected chi connectivity index (χ1v) is 12.8. The maximum Gasteiger partial charge on any atom is 0.185 e. The van der Waals surface area contributed by atoms with Crippen LogP contribution in [0.4, 0.5) is 5.13 Å². The van der Waals surface area contributed by atoms with Crippen LogP contribution < -0.4 is 9.64 Å². The smallest absolute Gasteiger partial charge is 0.185 e. The Morgan fingerprint density at radius 3 is 2.73 bits per heavy atom. The summed E-state index contributed by atoms with van der Waals surface area (Å²) in [5.41, 5.74) is 1.91. The van der Waals surface area contributed by atoms with Crippen molar-refractivity contribution >= 4 is 37.9 Å². The number of piperidine rings is 1. The predicted molar refractivity (Wildman–Crippen MR) is 125 cm³/mol. The van der Waals surface area contributed by atoms with Gasteiger partial charge in [-0.05, 0) is 31.9 Å². The van der Waals surface area contributed by atoms with E-state index in [0.717, 1.165) is 22.1 Å². The van der Waals surface area contributed by atoms with E-state index in [-0.39, 0.29) is 5.25 Å². The molecule has 2 heterocycles. The largest absolute Gasteiger partial charge is 0.497 e. The number of allylic oxidation sites excluding steroid dienone is 3. The van der Waals surface area contributed by atoms with Crippen molar-refractivity contribution in [2.75, 3.05) is 25.1 Å². The number of ether oxygens (including phenoxy) is 1. The van der Waals surface area contributed by atoms with Gasteiger partial charge in [0.25, 0.3) is 0 Å². The Morgan fingerprint density at radius 1 is 1.27 bits per heavy atom. The lowest BCUT2D eigenvalue weighted by Crippen LogP contribution is -2.47. The SMILES string of the molecule is COc1cccc(-c2csc(N3CCC(S(=O)(=O)C4C=CC=CC4(C)Cl)CC3)n2)c1. The van der Waals surface area contributed by atoms with Gasteiger partial charge in [-0.15, -0.1) is 22.9 Å². The Morgan fingerprint density at radius 2 is 2.03 bits per heavy atom. The third-order valence-corrected chi connectivity index (χ3v) is 9.91. The van der Waals surface area contributed by atoms with E-state index >= 15 is 0 Å². The van der Waals surface area contributed by atoms with Gasteiger partial charge in [0.05, 0.1) is 22.9 Å². The second-order valence-corrected chi connectivity index (χ2v) is 11.8. The average Bonchev–Trinajstić information content (AvgIpc) is 3.24. The van der Waals surface area contributed by atoms with Crippen LogP contribution in [0.3, 0.4) is 0 Å². The Labute approximate surface area is 187 Å². The molecular weight excluding hydrogens is 440 g/mol. The first-order valence-electron chi connectivity index (χ1n) is 9.94. The lowest BCUT2D eigenvalue weighted by molar-refractivity contribution is 0.415. The summed E-state index contributed by atoms with van der Waals surface area (Å²) in [4.78, 5) is 6.06. The summed E-state index contributed by atoms with van der Waals surface area (Å²) >= 11 is 8.09. The zero-order chi connectivity index (χ0) is 21.4. The van der Waals surface area contributed by atoms with Crippen LogP contribution in [0.5, 0.6) is 5.75 Å². The lowest BCUT2D eigenvalue weighted by atomic mass is 10.0. The molecular formula is C22H25ClN2O3S2. The summed E-state index contributed by atoms with van der Waals surface area (Å²) in [5.74, 6) is 0.797. The van der Waals surface area contributed by atoms with E-state index in [1.54, 1.807) is 43.6 Å². The molecule has 2 aliphatic rings. The number of halogens is 1. The summed E-state index contributed by atoms with van der Waals surface area (Å²) in [6.45, 7) is 3.10. The first-order chi connectivity index (χ1) is 14.3. The highest BCUT2D eigenvalue weighted by Gasteiger charge is 2.44. The van der Waals surface area contributed by atoms with Gasteiger partial charge in [0.15, 0.2) is 15.0 Å². The molecule has 1 aliphatic carbocycles. The standard InChI is InChI=1S/C22H25ClN2O3S2/c1-22(23)11-4-3-8-20(22)30(26,27)18-9-12-25(13-10-18)21-24-19(15-29-21)16-6-5-7-17(14-16)28-2/h3-8,11,14-15,18,20H,9-10,12-13H2,1-2H3. The molecule has 1 aromatic heterocycles. The zero-order valence-corrected chi connectivity index (χ0v) is 19.4. The molecule has 1 saturated heterocycles. The van der Waals surface area contributed by atoms with E-state index in [1.807, 2.05) is 35.7 Å². The summed E-state index contributed by atoms with van der Waals surface area (Å²) < 4.78 is 31.8. The number of aromatic nitrogens is 1. The van der Waals surface area contributed by atoms with Crippen molar-refractivity contribution in [3.63, 3.8) is 0 Å². The third-order valence-electron chi connectivity index (χ3n) is 5.76. The van der Waals surface area contributed by atoms with Crippen LogP contribution in [0.2, 0.25) is 0 Å². The quantitative estimate of drug-likeness (QED) is 0.600. The predicted octanol–water partition coefficient (Wildman–Crippen LogP) is 4.69. The van der Waals surface area contributed by atoms with E-state index in [1.165, 1.54) is 0 Å². The van der Waals surface area contributed by atoms with Gasteiger partial charge >= 0.3 is 0 Å². The van der Waals surface area contributed by atoms with Gasteiger partial charge in [0.2, 0.25) is 0 Å². The number of anilines is 1. The van der Waals surface area contributed by atoms with Crippen molar-refractivity contribution in [2.45, 2.75) is 35.1 Å². The minimum Gasteiger partial charge on any atom is -0.497 e. The highest BCUT2D eigenvalue weighted by molar-refractivity contribution is 7.93. The molecule has 2 atom stereocenters. The van der Waals surface area contributed by atoms with Crippen molar-refractivity contribution in [3.05, 3.63) is 53.9 Å². The van der Waals surface area contributed by atoms with Gasteiger partial charge in [-0.1, -0.05) is 36.4 Å². The fraction of sp³-hybridized carbons (Fsp3) is 0.409. The third kappa shape index (κ3) is 4.15. The van der Waals surface area contributed by atoms with Gasteiger partial charge in [-0.2, -0.15) is 0 Å². The number of hydrogen-bond acceptors (Lipinski definition) is 6. The van der Waals surface area contributed by atoms with Crippen molar-refractivity contribution < 1.29 is 13.2 Å². The van der Waals surface area contributed by atoms with Crippen LogP contribution in [-0.4, -0.2) is 49.0 Å². The van der Waals surface area contributed by atoms with Crippen molar-refractivity contribution in [2.24, 2.45) is 0 Å². The molecule has 0 saturated carbocycles. The number of methoxy groups -OCH3 is 1. The van der Waals surface area contributed by atoms with Crippen molar-refractivity contribution in [1.29, 1.82) is 0 Å². The fourth-order valence-corrected chi connectivity index (χ4v) is 7.75. The van der Waals surface area contributed by atoms with Gasteiger partial charge in [-0.25, -0.2) is 13.4 Å². The van der Waals surface area contributed by atoms with Crippen LogP contribution in [0, 0.1) is 0 Å². The molecule has 1 aromatic carbocycles. The van der Waals surface area contributed by atoms with Crippen LogP contribution >= 0.6 is 22.9 Å². The van der Waals surface area contributed by atoms with E-state index in [0.29, 0.717) is 25.9 Å². The molecule has 1 fully saturated rings. The van der Waals surface area contributed by atoms with Gasteiger partial charge in [0, 0.05) is 24.0 Å². The normalized spacial score (nSPS) is 24.9. The van der Waals surface area contributed by atoms with Gasteiger partial charge < -0.3 is 9.64 Å². The number of sulfone groups is 1. The minimum absolute atomic E-state index is 0.384. The number of thiazole rings is 1. The highest BCUT2D eigenvalue weighted by Crippen LogP contribution is 2.36. The molecule has 0 bridgehead atoms. The Kier molecular flexibility index (Phi) is 5.97. The molecule has 0 N–H and O–H groups in total. The van der Waals surface area contributed by atoms with Crippen LogP contribution in [0.25, 0.3) is 11.3 Å². The second kappa shape index (κ2) is 8.36. The van der Waals surface area contributed by atoms with Crippen LogP contribution in [0.15, 0.2) is 53.9 Å². The zero-order valence-electron chi connectivity index (χ0n) is 17.0. The molecule has 2 aromatic rings. The maximum absolute atomic E-state index is 13.2. The molecule has 2 unspecified atom stereocenters. The summed E-state index contributed by atoms with van der Waals surface area (Å²) in [5, 5.41) is 1.88. The number of hydrogen-bond donors (Lipinski definition) is 0. The maximum atomic E-state index is 13.2. The summed E-state index contributed by atoms with van der Waals surface area (Å²) in [7, 11) is -1.72. The van der Waals surface area contributed by atoms with Gasteiger partial charge in [0.1, 0.15) is 11.0 Å². The Balaban J connectivity index is 1.44. The fourth-order valence-electron chi connectivity index (χ4n) is 4.03. The second-order valence-electron chi connectivity index (χ2n) is 7.84. The van der Waals surface area contributed by atoms with E-state index in [2.05, 4.69) is 4.90 Å². The number of nitrogens with zero attached hydrogens (tertiary/aromatic N) is 2. The van der Waals surface area contributed by atoms with Crippen molar-refractivity contribution in [1.82, 2.24) is 4.98 Å². The topological polar surface area (TPSA) is 59.5 Å². The number of rotatable bonds is 5. The van der Waals surface area contributed by atoms with Gasteiger partial charge in [-0.3, -0.25) is 0 Å². The summed E-state index contributed by atoms with van der Waals surface area (Å²) in [6.07, 6.45) is 8.23. The Hall–Kier alpha value is -1.83. The molecule has 8 heteroatoms. The first kappa shape index (κ1) is 21.4. The van der Waals surface area contributed by atoms with E-state index in [4.69, 9.17) is 21.3 Å². The molecule has 0 spiro atoms. The molecule has 0 radical (unpaired) electrons. The van der Waals surface area contributed by atoms with Crippen molar-refractivity contribution in [3.8, 4) is 17.0 Å². The number of alkyl halides is 1. The van der Waals surface area contributed by atoms with E-state index < -0.39 is 20.0 Å². The molecule has 1 aliphatic heterocycles. The monoisotopic (exact) mass is 464 g/mol. The molecule has 160 valence electrons. The number of benzene rings is 1. The molecule has 0 amide bonds. The molecule has 30 heavy (non-hydrogen) atoms. The molecule has 5 nitrogen and oxygen atoms in total. The molecule has 4 rings (SSSR count). The highest BCUT2D eigenvalue weighted by atomic mass is 35.5. The lowest BCUT2D eigenvalue weighted by Gasteiger charge is -2.36. The van der Waals surface area contributed by atoms with Crippen LogP contribution in [-0.2, 0) is 9.84 Å². The average molecular weight is 465 g/mol. The van der Waals surface area contributed by atoms with Crippen LogP contribution in [0.1, 0.15) is 19.8 Å². The summed E-state index contributed by atoms with van der Waals surface area (Å²) in [6, 6.07) is 7.83.